The first-order chi connectivity index (χ1) is 7.90. The highest BCUT2D eigenvalue weighted by Crippen LogP contribution is 2.24. The summed E-state index contributed by atoms with van der Waals surface area (Å²) in [7, 11) is 0. The maximum absolute atomic E-state index is 11.4. The minimum atomic E-state index is -1.12. The number of carboxylic acids is 1. The number of hydrogen-bond donors (Lipinski definition) is 3. The number of hydrogen-bond acceptors (Lipinski definition) is 3. The van der Waals surface area contributed by atoms with Crippen LogP contribution in [0.2, 0.25) is 0 Å². The maximum atomic E-state index is 11.4. The number of carbonyl (C=O) groups is 2. The third kappa shape index (κ3) is 3.64. The van der Waals surface area contributed by atoms with Gasteiger partial charge in [0.25, 0.3) is 0 Å². The number of phenolic OH excluding ortho intramolecular Hbond substituents is 1. The minimum Gasteiger partial charge on any atom is -0.506 e. The molecule has 1 aromatic carbocycles. The standard InChI is InChI=1S/C12H13NO4/c1-7(2)5-11(15)13-9-6-8(12(16)17)3-4-10(9)14/h3-6,14H,1-2H3,(H,13,15)(H,16,17). The van der Waals surface area contributed by atoms with Crippen molar-refractivity contribution in [2.24, 2.45) is 0 Å². The highest BCUT2D eigenvalue weighted by Gasteiger charge is 2.09. The van der Waals surface area contributed by atoms with Gasteiger partial charge in [-0.05, 0) is 32.0 Å². The van der Waals surface area contributed by atoms with Crippen LogP contribution in [0.1, 0.15) is 24.2 Å². The lowest BCUT2D eigenvalue weighted by Gasteiger charge is -2.06. The molecule has 0 spiro atoms. The van der Waals surface area contributed by atoms with Gasteiger partial charge in [-0.25, -0.2) is 4.79 Å². The molecule has 90 valence electrons. The fourth-order valence-electron chi connectivity index (χ4n) is 1.20. The molecule has 0 saturated heterocycles. The Morgan fingerprint density at radius 2 is 1.94 bits per heavy atom. The van der Waals surface area contributed by atoms with Crippen LogP contribution in [-0.4, -0.2) is 22.1 Å². The van der Waals surface area contributed by atoms with E-state index in [1.807, 2.05) is 0 Å². The predicted octanol–water partition coefficient (Wildman–Crippen LogP) is 2.00. The first kappa shape index (κ1) is 12.8. The molecule has 1 rings (SSSR count). The molecule has 0 aliphatic heterocycles. The van der Waals surface area contributed by atoms with Crippen LogP contribution >= 0.6 is 0 Å². The highest BCUT2D eigenvalue weighted by molar-refractivity contribution is 6.01. The summed E-state index contributed by atoms with van der Waals surface area (Å²) in [6, 6.07) is 3.68. The zero-order valence-electron chi connectivity index (χ0n) is 9.52. The van der Waals surface area contributed by atoms with Gasteiger partial charge in [0, 0.05) is 6.08 Å². The number of nitrogens with one attached hydrogen (secondary N) is 1. The molecule has 0 aromatic heterocycles. The Morgan fingerprint density at radius 3 is 2.47 bits per heavy atom. The molecule has 5 heteroatoms. The van der Waals surface area contributed by atoms with Crippen molar-refractivity contribution in [3.8, 4) is 5.75 Å². The fourth-order valence-corrected chi connectivity index (χ4v) is 1.20. The third-order valence-electron chi connectivity index (χ3n) is 1.92. The summed E-state index contributed by atoms with van der Waals surface area (Å²) in [4.78, 5) is 22.1. The number of phenols is 1. The van der Waals surface area contributed by atoms with Gasteiger partial charge in [-0.2, -0.15) is 0 Å². The van der Waals surface area contributed by atoms with Crippen molar-refractivity contribution in [1.82, 2.24) is 0 Å². The van der Waals surface area contributed by atoms with Gasteiger partial charge in [-0.1, -0.05) is 5.57 Å². The summed E-state index contributed by atoms with van der Waals surface area (Å²) in [5.74, 6) is -1.71. The second-order valence-corrected chi connectivity index (χ2v) is 3.75. The number of benzene rings is 1. The summed E-state index contributed by atoms with van der Waals surface area (Å²) in [6.45, 7) is 3.51. The van der Waals surface area contributed by atoms with E-state index in [2.05, 4.69) is 5.32 Å². The molecule has 0 bridgehead atoms. The maximum Gasteiger partial charge on any atom is 0.335 e. The van der Waals surface area contributed by atoms with Crippen LogP contribution in [0.15, 0.2) is 29.8 Å². The Hall–Kier alpha value is -2.30. The number of rotatable bonds is 3. The number of carbonyl (C=O) groups excluding carboxylic acids is 1. The first-order valence-corrected chi connectivity index (χ1v) is 4.92. The van der Waals surface area contributed by atoms with Crippen LogP contribution in [0, 0.1) is 0 Å². The number of aromatic carboxylic acids is 1. The van der Waals surface area contributed by atoms with Gasteiger partial charge in [0.2, 0.25) is 5.91 Å². The normalized spacial score (nSPS) is 9.53. The first-order valence-electron chi connectivity index (χ1n) is 4.92. The Bertz CT molecular complexity index is 487. The minimum absolute atomic E-state index is 0.00435. The van der Waals surface area contributed by atoms with Crippen molar-refractivity contribution in [2.45, 2.75) is 13.8 Å². The molecule has 0 heterocycles. The van der Waals surface area contributed by atoms with E-state index in [1.54, 1.807) is 13.8 Å². The largest absolute Gasteiger partial charge is 0.506 e. The molecule has 0 fully saturated rings. The lowest BCUT2D eigenvalue weighted by molar-refractivity contribution is -0.112. The Balaban J connectivity index is 2.98. The van der Waals surface area contributed by atoms with Gasteiger partial charge in [0.05, 0.1) is 11.3 Å². The summed E-state index contributed by atoms with van der Waals surface area (Å²) in [5, 5.41) is 20.7. The average molecular weight is 235 g/mol. The second-order valence-electron chi connectivity index (χ2n) is 3.75. The monoisotopic (exact) mass is 235 g/mol. The smallest absolute Gasteiger partial charge is 0.335 e. The van der Waals surface area contributed by atoms with E-state index in [0.717, 1.165) is 5.57 Å². The van der Waals surface area contributed by atoms with Gasteiger partial charge < -0.3 is 15.5 Å². The summed E-state index contributed by atoms with van der Waals surface area (Å²) < 4.78 is 0. The molecular formula is C12H13NO4. The lowest BCUT2D eigenvalue weighted by Crippen LogP contribution is -2.09. The van der Waals surface area contributed by atoms with E-state index >= 15 is 0 Å². The van der Waals surface area contributed by atoms with E-state index in [0.29, 0.717) is 0 Å². The molecule has 0 atom stereocenters. The van der Waals surface area contributed by atoms with Crippen LogP contribution in [-0.2, 0) is 4.79 Å². The number of amides is 1. The Kier molecular flexibility index (Phi) is 3.87. The molecule has 5 nitrogen and oxygen atoms in total. The van der Waals surface area contributed by atoms with Gasteiger partial charge >= 0.3 is 5.97 Å². The zero-order chi connectivity index (χ0) is 13.0. The molecule has 17 heavy (non-hydrogen) atoms. The van der Waals surface area contributed by atoms with Crippen LogP contribution in [0.25, 0.3) is 0 Å². The predicted molar refractivity (Wildman–Crippen MR) is 63.1 cm³/mol. The number of carboxylic acid groups (broad SMARTS) is 1. The van der Waals surface area contributed by atoms with E-state index in [9.17, 15) is 14.7 Å². The Morgan fingerprint density at radius 1 is 1.29 bits per heavy atom. The summed E-state index contributed by atoms with van der Waals surface area (Å²) >= 11 is 0. The van der Waals surface area contributed by atoms with E-state index < -0.39 is 11.9 Å². The van der Waals surface area contributed by atoms with Crippen LogP contribution in [0.5, 0.6) is 5.75 Å². The molecule has 0 radical (unpaired) electrons. The molecule has 0 aliphatic carbocycles. The number of anilines is 1. The van der Waals surface area contributed by atoms with Crippen LogP contribution in [0.4, 0.5) is 5.69 Å². The van der Waals surface area contributed by atoms with Gasteiger partial charge in [-0.3, -0.25) is 4.79 Å². The SMILES string of the molecule is CC(C)=CC(=O)Nc1cc(C(=O)O)ccc1O. The topological polar surface area (TPSA) is 86.6 Å². The Labute approximate surface area is 98.4 Å². The molecule has 1 amide bonds. The zero-order valence-corrected chi connectivity index (χ0v) is 9.52. The third-order valence-corrected chi connectivity index (χ3v) is 1.92. The fraction of sp³-hybridized carbons (Fsp3) is 0.167. The van der Waals surface area contributed by atoms with Crippen molar-refractivity contribution in [2.75, 3.05) is 5.32 Å². The summed E-state index contributed by atoms with van der Waals surface area (Å²) in [6.07, 6.45) is 1.35. The molecule has 1 aromatic rings. The molecule has 0 unspecified atom stereocenters. The van der Waals surface area contributed by atoms with E-state index in [4.69, 9.17) is 5.11 Å². The quantitative estimate of drug-likeness (QED) is 0.552. The van der Waals surface area contributed by atoms with Gasteiger partial charge in [-0.15, -0.1) is 0 Å². The van der Waals surface area contributed by atoms with Crippen molar-refractivity contribution in [3.63, 3.8) is 0 Å². The van der Waals surface area contributed by atoms with E-state index in [1.165, 1.54) is 24.3 Å². The molecule has 0 saturated carbocycles. The lowest BCUT2D eigenvalue weighted by atomic mass is 10.2. The highest BCUT2D eigenvalue weighted by atomic mass is 16.4. The molecule has 3 N–H and O–H groups in total. The van der Waals surface area contributed by atoms with Crippen molar-refractivity contribution >= 4 is 17.6 Å². The van der Waals surface area contributed by atoms with Crippen molar-refractivity contribution in [3.05, 3.63) is 35.4 Å². The van der Waals surface area contributed by atoms with Crippen molar-refractivity contribution in [1.29, 1.82) is 0 Å². The number of aromatic hydroxyl groups is 1. The number of allylic oxidation sites excluding steroid dienone is 1. The van der Waals surface area contributed by atoms with Crippen LogP contribution in [0.3, 0.4) is 0 Å². The molecular weight excluding hydrogens is 222 g/mol. The average Bonchev–Trinajstić information content (AvgIpc) is 2.19. The van der Waals surface area contributed by atoms with Gasteiger partial charge in [0.1, 0.15) is 5.75 Å². The van der Waals surface area contributed by atoms with Gasteiger partial charge in [0.15, 0.2) is 0 Å². The second kappa shape index (κ2) is 5.16. The molecule has 0 aliphatic rings. The summed E-state index contributed by atoms with van der Waals surface area (Å²) in [5.41, 5.74) is 0.874. The van der Waals surface area contributed by atoms with Crippen molar-refractivity contribution < 1.29 is 19.8 Å². The van der Waals surface area contributed by atoms with Crippen LogP contribution < -0.4 is 5.32 Å². The van der Waals surface area contributed by atoms with E-state index in [-0.39, 0.29) is 17.0 Å².